The molecule has 5 aromatic rings. The normalized spacial score (nSPS) is 10.8. The van der Waals surface area contributed by atoms with Gasteiger partial charge in [-0.2, -0.15) is 0 Å². The lowest BCUT2D eigenvalue weighted by atomic mass is 10.2. The summed E-state index contributed by atoms with van der Waals surface area (Å²) in [7, 11) is 0. The third-order valence-electron chi connectivity index (χ3n) is 5.80. The van der Waals surface area contributed by atoms with Crippen LogP contribution in [-0.2, 0) is 0 Å². The number of benzene rings is 2. The zero-order chi connectivity index (χ0) is 27.9. The number of carbonyl (C=O) groups is 2. The predicted octanol–water partition coefficient (Wildman–Crippen LogP) is 3.36. The van der Waals surface area contributed by atoms with Crippen LogP contribution in [0.5, 0.6) is 11.5 Å². The molecule has 0 aliphatic heterocycles. The maximum absolute atomic E-state index is 13.1. The lowest BCUT2D eigenvalue weighted by molar-refractivity contribution is 0.101. The topological polar surface area (TPSA) is 167 Å². The minimum Gasteiger partial charge on any atom is -0.491 e. The molecule has 2 amide bonds. The first-order valence-electron chi connectivity index (χ1n) is 12.6. The van der Waals surface area contributed by atoms with E-state index >= 15 is 0 Å². The third-order valence-corrected chi connectivity index (χ3v) is 5.80. The van der Waals surface area contributed by atoms with Crippen LogP contribution in [0.1, 0.15) is 21.0 Å². The molecule has 0 fully saturated rings. The van der Waals surface area contributed by atoms with Gasteiger partial charge in [-0.25, -0.2) is 15.0 Å². The van der Waals surface area contributed by atoms with Gasteiger partial charge in [-0.3, -0.25) is 9.59 Å². The average molecular weight is 538 g/mol. The van der Waals surface area contributed by atoms with Gasteiger partial charge in [-0.15, -0.1) is 0 Å². The molecule has 0 saturated heterocycles. The van der Waals surface area contributed by atoms with Crippen molar-refractivity contribution in [1.29, 1.82) is 0 Å². The molecule has 0 spiro atoms. The lowest BCUT2D eigenvalue weighted by Crippen LogP contribution is -2.19. The Morgan fingerprint density at radius 3 is 1.52 bits per heavy atom. The summed E-state index contributed by atoms with van der Waals surface area (Å²) < 4.78 is 11.5. The monoisotopic (exact) mass is 537 g/mol. The fourth-order valence-electron chi connectivity index (χ4n) is 4.04. The summed E-state index contributed by atoms with van der Waals surface area (Å²) >= 11 is 0. The minimum absolute atomic E-state index is 0.0328. The molecule has 0 unspecified atom stereocenters. The average Bonchev–Trinajstić information content (AvgIpc) is 2.98. The molecule has 5 rings (SSSR count). The van der Waals surface area contributed by atoms with Gasteiger partial charge in [0.25, 0.3) is 11.8 Å². The molecule has 0 radical (unpaired) electrons. The van der Waals surface area contributed by atoms with Gasteiger partial charge in [-0.05, 0) is 36.4 Å². The second-order valence-electron chi connectivity index (χ2n) is 8.64. The van der Waals surface area contributed by atoms with E-state index in [4.69, 9.17) is 20.9 Å². The van der Waals surface area contributed by atoms with Crippen LogP contribution in [0.3, 0.4) is 0 Å². The summed E-state index contributed by atoms with van der Waals surface area (Å²) in [5.41, 5.74) is 12.5. The molecule has 0 bridgehead atoms. The lowest BCUT2D eigenvalue weighted by Gasteiger charge is -2.12. The van der Waals surface area contributed by atoms with Gasteiger partial charge in [0.05, 0.1) is 11.0 Å². The number of aromatic nitrogens is 3. The number of hydrogen-bond acceptors (Lipinski definition) is 9. The first-order chi connectivity index (χ1) is 19.6. The second-order valence-corrected chi connectivity index (χ2v) is 8.64. The van der Waals surface area contributed by atoms with E-state index in [1.807, 2.05) is 48.5 Å². The number of carbonyl (C=O) groups excluding carboxylic acids is 2. The van der Waals surface area contributed by atoms with E-state index in [0.717, 1.165) is 10.8 Å². The predicted molar refractivity (Wildman–Crippen MR) is 153 cm³/mol. The van der Waals surface area contributed by atoms with E-state index in [0.29, 0.717) is 48.8 Å². The number of nitrogens with two attached hydrogens (primary N) is 2. The molecule has 202 valence electrons. The second kappa shape index (κ2) is 12.2. The largest absolute Gasteiger partial charge is 0.491 e. The van der Waals surface area contributed by atoms with Crippen LogP contribution in [-0.4, -0.2) is 53.1 Å². The highest BCUT2D eigenvalue weighted by Gasteiger charge is 2.16. The van der Waals surface area contributed by atoms with Crippen molar-refractivity contribution in [2.24, 2.45) is 11.5 Å². The minimum atomic E-state index is -0.538. The first kappa shape index (κ1) is 26.5. The maximum Gasteiger partial charge on any atom is 0.275 e. The number of anilines is 2. The number of pyridine rings is 3. The fraction of sp³-hybridized carbons (Fsp3) is 0.138. The summed E-state index contributed by atoms with van der Waals surface area (Å²) in [4.78, 5) is 39.4. The Bertz CT molecular complexity index is 1570. The first-order valence-corrected chi connectivity index (χ1v) is 12.6. The molecule has 0 aliphatic rings. The van der Waals surface area contributed by atoms with Crippen molar-refractivity contribution in [2.45, 2.75) is 0 Å². The highest BCUT2D eigenvalue weighted by atomic mass is 16.5. The number of nitrogens with zero attached hydrogens (tertiary/aromatic N) is 3. The summed E-state index contributed by atoms with van der Waals surface area (Å²) in [5, 5.41) is 7.06. The molecule has 11 heteroatoms. The van der Waals surface area contributed by atoms with E-state index in [1.54, 1.807) is 18.2 Å². The van der Waals surface area contributed by atoms with E-state index in [2.05, 4.69) is 25.6 Å². The van der Waals surface area contributed by atoms with Gasteiger partial charge in [0.15, 0.2) is 0 Å². The van der Waals surface area contributed by atoms with E-state index in [1.165, 1.54) is 12.1 Å². The van der Waals surface area contributed by atoms with Crippen molar-refractivity contribution in [1.82, 2.24) is 15.0 Å². The Morgan fingerprint density at radius 2 is 1.07 bits per heavy atom. The van der Waals surface area contributed by atoms with Crippen LogP contribution < -0.4 is 31.6 Å². The number of fused-ring (bicyclic) bond motifs is 2. The van der Waals surface area contributed by atoms with Crippen molar-refractivity contribution in [3.8, 4) is 11.5 Å². The Morgan fingerprint density at radius 1 is 0.625 bits per heavy atom. The van der Waals surface area contributed by atoms with Gasteiger partial charge in [0.2, 0.25) is 0 Å². The summed E-state index contributed by atoms with van der Waals surface area (Å²) in [6, 6.07) is 22.7. The number of hydrogen-bond donors (Lipinski definition) is 4. The third kappa shape index (κ3) is 5.96. The van der Waals surface area contributed by atoms with Crippen LogP contribution in [0.4, 0.5) is 11.6 Å². The van der Waals surface area contributed by atoms with Crippen LogP contribution >= 0.6 is 0 Å². The van der Waals surface area contributed by atoms with Crippen LogP contribution in [0.15, 0.2) is 78.9 Å². The van der Waals surface area contributed by atoms with Gasteiger partial charge < -0.3 is 31.6 Å². The van der Waals surface area contributed by atoms with Gasteiger partial charge in [0.1, 0.15) is 47.7 Å². The van der Waals surface area contributed by atoms with Gasteiger partial charge in [-0.1, -0.05) is 30.3 Å². The Kier molecular flexibility index (Phi) is 8.05. The molecule has 3 heterocycles. The number of ether oxygens (including phenoxy) is 2. The molecule has 11 nitrogen and oxygen atoms in total. The van der Waals surface area contributed by atoms with E-state index < -0.39 is 11.8 Å². The summed E-state index contributed by atoms with van der Waals surface area (Å²) in [6.07, 6.45) is 0. The van der Waals surface area contributed by atoms with Crippen molar-refractivity contribution in [2.75, 3.05) is 36.9 Å². The highest BCUT2D eigenvalue weighted by molar-refractivity contribution is 6.06. The number of amides is 2. The van der Waals surface area contributed by atoms with Crippen molar-refractivity contribution >= 4 is 45.3 Å². The smallest absolute Gasteiger partial charge is 0.275 e. The SMILES string of the molecule is NCCOc1cc(NC(=O)c2cccc(C(=O)Nc3cc(OCCN)c4ccccc4n3)n2)nc2ccccc12. The van der Waals surface area contributed by atoms with Crippen LogP contribution in [0, 0.1) is 0 Å². The molecule has 0 atom stereocenters. The maximum atomic E-state index is 13.1. The quantitative estimate of drug-likeness (QED) is 0.209. The van der Waals surface area contributed by atoms with E-state index in [-0.39, 0.29) is 23.0 Å². The number of nitrogens with one attached hydrogen (secondary N) is 2. The van der Waals surface area contributed by atoms with Crippen LogP contribution in [0.25, 0.3) is 21.8 Å². The Labute approximate surface area is 229 Å². The molecular weight excluding hydrogens is 510 g/mol. The summed E-state index contributed by atoms with van der Waals surface area (Å²) in [5.74, 6) is 0.567. The molecule has 40 heavy (non-hydrogen) atoms. The zero-order valence-corrected chi connectivity index (χ0v) is 21.5. The molecule has 0 saturated carbocycles. The fourth-order valence-corrected chi connectivity index (χ4v) is 4.04. The molecule has 3 aromatic heterocycles. The van der Waals surface area contributed by atoms with Crippen molar-refractivity contribution < 1.29 is 19.1 Å². The van der Waals surface area contributed by atoms with Crippen LogP contribution in [0.2, 0.25) is 0 Å². The van der Waals surface area contributed by atoms with Crippen molar-refractivity contribution in [3.05, 3.63) is 90.3 Å². The zero-order valence-electron chi connectivity index (χ0n) is 21.5. The summed E-state index contributed by atoms with van der Waals surface area (Å²) in [6.45, 7) is 1.31. The standard InChI is InChI=1S/C29H27N7O4/c30-12-14-39-24-16-26(33-20-8-3-1-6-18(20)24)35-28(37)22-10-5-11-23(32-22)29(38)36-27-17-25(40-15-13-31)19-7-2-4-9-21(19)34-27/h1-11,16-17H,12-15,30-31H2,(H,33,35,37)(H,34,36,38). The molecule has 6 N–H and O–H groups in total. The van der Waals surface area contributed by atoms with Gasteiger partial charge >= 0.3 is 0 Å². The molecule has 0 aliphatic carbocycles. The molecular formula is C29H27N7O4. The number of para-hydroxylation sites is 2. The highest BCUT2D eigenvalue weighted by Crippen LogP contribution is 2.29. The van der Waals surface area contributed by atoms with Crippen molar-refractivity contribution in [3.63, 3.8) is 0 Å². The number of rotatable bonds is 10. The van der Waals surface area contributed by atoms with E-state index in [9.17, 15) is 9.59 Å². The molecule has 2 aromatic carbocycles. The Hall–Kier alpha value is -5.13. The van der Waals surface area contributed by atoms with Gasteiger partial charge in [0, 0.05) is 36.0 Å². The Balaban J connectivity index is 1.35.